The largest absolute Gasteiger partial charge is 0.387 e. The summed E-state index contributed by atoms with van der Waals surface area (Å²) in [6.07, 6.45) is 8.62. The van der Waals surface area contributed by atoms with Gasteiger partial charge in [0.05, 0.1) is 5.60 Å². The van der Waals surface area contributed by atoms with Crippen molar-refractivity contribution in [2.24, 2.45) is 5.92 Å². The molecule has 0 amide bonds. The van der Waals surface area contributed by atoms with Gasteiger partial charge in [-0.25, -0.2) is 4.98 Å². The molecule has 2 aliphatic heterocycles. The van der Waals surface area contributed by atoms with Crippen LogP contribution in [-0.4, -0.2) is 57.9 Å². The van der Waals surface area contributed by atoms with E-state index in [1.165, 1.54) is 19.3 Å². The number of aryl methyl sites for hydroxylation is 2. The Balaban J connectivity index is 1.40. The lowest BCUT2D eigenvalue weighted by atomic mass is 9.92. The van der Waals surface area contributed by atoms with Gasteiger partial charge in [0.1, 0.15) is 5.82 Å². The Bertz CT molecular complexity index is 445. The zero-order chi connectivity index (χ0) is 14.7. The molecule has 0 aliphatic carbocycles. The SMILES string of the molecule is Cc1nccn1CCC1CCN(CC2(O)CCNC2)CC1. The average molecular weight is 292 g/mol. The van der Waals surface area contributed by atoms with Crippen LogP contribution in [0, 0.1) is 12.8 Å². The van der Waals surface area contributed by atoms with Gasteiger partial charge in [0.25, 0.3) is 0 Å². The quantitative estimate of drug-likeness (QED) is 0.851. The number of rotatable bonds is 5. The summed E-state index contributed by atoms with van der Waals surface area (Å²) in [4.78, 5) is 6.73. The summed E-state index contributed by atoms with van der Waals surface area (Å²) in [6.45, 7) is 7.98. The molecule has 21 heavy (non-hydrogen) atoms. The molecule has 0 aromatic carbocycles. The number of hydrogen-bond acceptors (Lipinski definition) is 4. The van der Waals surface area contributed by atoms with E-state index < -0.39 is 5.60 Å². The molecule has 3 heterocycles. The molecular formula is C16H28N4O. The summed E-state index contributed by atoms with van der Waals surface area (Å²) in [6, 6.07) is 0. The Labute approximate surface area is 127 Å². The van der Waals surface area contributed by atoms with E-state index in [-0.39, 0.29) is 0 Å². The van der Waals surface area contributed by atoms with Crippen molar-refractivity contribution in [2.45, 2.75) is 44.8 Å². The maximum absolute atomic E-state index is 10.5. The second-order valence-electron chi connectivity index (χ2n) is 6.83. The van der Waals surface area contributed by atoms with Crippen molar-refractivity contribution in [3.8, 4) is 0 Å². The van der Waals surface area contributed by atoms with Gasteiger partial charge in [-0.1, -0.05) is 0 Å². The lowest BCUT2D eigenvalue weighted by Crippen LogP contribution is -2.47. The second kappa shape index (κ2) is 6.46. The molecule has 1 aromatic heterocycles. The summed E-state index contributed by atoms with van der Waals surface area (Å²) < 4.78 is 2.25. The predicted octanol–water partition coefficient (Wildman–Crippen LogP) is 1.02. The van der Waals surface area contributed by atoms with Crippen LogP contribution in [0.3, 0.4) is 0 Å². The van der Waals surface area contributed by atoms with Gasteiger partial charge in [0, 0.05) is 32.0 Å². The Morgan fingerprint density at radius 2 is 2.24 bits per heavy atom. The molecule has 3 rings (SSSR count). The van der Waals surface area contributed by atoms with E-state index >= 15 is 0 Å². The summed E-state index contributed by atoms with van der Waals surface area (Å²) in [7, 11) is 0. The Kier molecular flexibility index (Phi) is 4.62. The molecule has 2 saturated heterocycles. The number of imidazole rings is 1. The summed E-state index contributed by atoms with van der Waals surface area (Å²) in [5.41, 5.74) is -0.485. The summed E-state index contributed by atoms with van der Waals surface area (Å²) in [5.74, 6) is 1.93. The van der Waals surface area contributed by atoms with E-state index in [4.69, 9.17) is 0 Å². The summed E-state index contributed by atoms with van der Waals surface area (Å²) >= 11 is 0. The van der Waals surface area contributed by atoms with Gasteiger partial charge in [0.2, 0.25) is 0 Å². The van der Waals surface area contributed by atoms with Crippen LogP contribution in [0.2, 0.25) is 0 Å². The first-order valence-corrected chi connectivity index (χ1v) is 8.28. The zero-order valence-corrected chi connectivity index (χ0v) is 13.1. The smallest absolute Gasteiger partial charge is 0.105 e. The molecule has 2 aliphatic rings. The Morgan fingerprint density at radius 1 is 1.43 bits per heavy atom. The number of β-amino-alcohol motifs (C(OH)–C–C–N with tert-alkyl or cyclic N) is 1. The lowest BCUT2D eigenvalue weighted by molar-refractivity contribution is 0.0100. The van der Waals surface area contributed by atoms with E-state index in [2.05, 4.69) is 32.9 Å². The number of likely N-dealkylation sites (tertiary alicyclic amines) is 1. The van der Waals surface area contributed by atoms with Crippen LogP contribution in [0.5, 0.6) is 0 Å². The van der Waals surface area contributed by atoms with Crippen LogP contribution in [-0.2, 0) is 6.54 Å². The highest BCUT2D eigenvalue weighted by Gasteiger charge is 2.34. The third-order valence-corrected chi connectivity index (χ3v) is 5.15. The predicted molar refractivity (Wildman–Crippen MR) is 83.2 cm³/mol. The van der Waals surface area contributed by atoms with Crippen LogP contribution in [0.25, 0.3) is 0 Å². The monoisotopic (exact) mass is 292 g/mol. The van der Waals surface area contributed by atoms with Crippen molar-refractivity contribution in [2.75, 3.05) is 32.7 Å². The third kappa shape index (κ3) is 3.84. The van der Waals surface area contributed by atoms with Crippen LogP contribution in [0.15, 0.2) is 12.4 Å². The molecule has 5 nitrogen and oxygen atoms in total. The van der Waals surface area contributed by atoms with Gasteiger partial charge in [-0.3, -0.25) is 0 Å². The number of nitrogens with one attached hydrogen (secondary N) is 1. The minimum Gasteiger partial charge on any atom is -0.387 e. The van der Waals surface area contributed by atoms with Crippen LogP contribution in [0.1, 0.15) is 31.5 Å². The highest BCUT2D eigenvalue weighted by atomic mass is 16.3. The van der Waals surface area contributed by atoms with Crippen molar-refractivity contribution in [1.82, 2.24) is 19.8 Å². The van der Waals surface area contributed by atoms with Crippen molar-refractivity contribution in [3.05, 3.63) is 18.2 Å². The fourth-order valence-corrected chi connectivity index (χ4v) is 3.68. The lowest BCUT2D eigenvalue weighted by Gasteiger charge is -2.36. The molecule has 1 unspecified atom stereocenters. The molecule has 1 aromatic rings. The second-order valence-corrected chi connectivity index (χ2v) is 6.83. The van der Waals surface area contributed by atoms with Gasteiger partial charge in [-0.2, -0.15) is 0 Å². The fourth-order valence-electron chi connectivity index (χ4n) is 3.68. The standard InChI is InChI=1S/C16H28N4O/c1-14-18-7-11-20(14)10-4-15-2-8-19(9-3-15)13-16(21)5-6-17-12-16/h7,11,15,17,21H,2-6,8-10,12-13H2,1H3. The van der Waals surface area contributed by atoms with Crippen molar-refractivity contribution >= 4 is 0 Å². The van der Waals surface area contributed by atoms with Crippen LogP contribution < -0.4 is 5.32 Å². The van der Waals surface area contributed by atoms with E-state index in [1.54, 1.807) is 0 Å². The van der Waals surface area contributed by atoms with Crippen LogP contribution in [0.4, 0.5) is 0 Å². The first-order chi connectivity index (χ1) is 10.1. The van der Waals surface area contributed by atoms with Gasteiger partial charge < -0.3 is 19.9 Å². The first kappa shape index (κ1) is 15.0. The third-order valence-electron chi connectivity index (χ3n) is 5.15. The van der Waals surface area contributed by atoms with Crippen molar-refractivity contribution < 1.29 is 5.11 Å². The molecular weight excluding hydrogens is 264 g/mol. The molecule has 0 bridgehead atoms. The highest BCUT2D eigenvalue weighted by Crippen LogP contribution is 2.24. The van der Waals surface area contributed by atoms with Gasteiger partial charge in [-0.15, -0.1) is 0 Å². The van der Waals surface area contributed by atoms with Gasteiger partial charge >= 0.3 is 0 Å². The molecule has 118 valence electrons. The normalized spacial score (nSPS) is 28.3. The van der Waals surface area contributed by atoms with Gasteiger partial charge in [0.15, 0.2) is 0 Å². The van der Waals surface area contributed by atoms with Crippen molar-refractivity contribution in [1.29, 1.82) is 0 Å². The number of piperidine rings is 1. The number of aliphatic hydroxyl groups is 1. The van der Waals surface area contributed by atoms with E-state index in [0.717, 1.165) is 57.4 Å². The number of nitrogens with zero attached hydrogens (tertiary/aromatic N) is 3. The van der Waals surface area contributed by atoms with Crippen LogP contribution >= 0.6 is 0 Å². The highest BCUT2D eigenvalue weighted by molar-refractivity contribution is 4.92. The minimum absolute atomic E-state index is 0.485. The minimum atomic E-state index is -0.485. The first-order valence-electron chi connectivity index (χ1n) is 8.28. The maximum atomic E-state index is 10.5. The molecule has 2 fully saturated rings. The zero-order valence-electron chi connectivity index (χ0n) is 13.1. The van der Waals surface area contributed by atoms with Gasteiger partial charge in [-0.05, 0) is 58.2 Å². The Morgan fingerprint density at radius 3 is 2.86 bits per heavy atom. The number of aromatic nitrogens is 2. The molecule has 5 heteroatoms. The molecule has 0 spiro atoms. The average Bonchev–Trinajstić information content (AvgIpc) is 3.07. The topological polar surface area (TPSA) is 53.3 Å². The van der Waals surface area contributed by atoms with E-state index in [9.17, 15) is 5.11 Å². The Hall–Kier alpha value is -0.910. The molecule has 0 radical (unpaired) electrons. The fraction of sp³-hybridized carbons (Fsp3) is 0.812. The molecule has 2 N–H and O–H groups in total. The van der Waals surface area contributed by atoms with E-state index in [1.807, 2.05) is 6.20 Å². The molecule has 1 atom stereocenters. The van der Waals surface area contributed by atoms with E-state index in [0.29, 0.717) is 0 Å². The number of hydrogen-bond donors (Lipinski definition) is 2. The van der Waals surface area contributed by atoms with Crippen molar-refractivity contribution in [3.63, 3.8) is 0 Å². The maximum Gasteiger partial charge on any atom is 0.105 e. The summed E-state index contributed by atoms with van der Waals surface area (Å²) in [5, 5.41) is 13.7. The molecule has 0 saturated carbocycles.